The first-order valence-corrected chi connectivity index (χ1v) is 10.7. The van der Waals surface area contributed by atoms with Crippen LogP contribution in [0, 0.1) is 6.92 Å². The minimum Gasteiger partial charge on any atom is -0.353 e. The largest absolute Gasteiger partial charge is 0.353 e. The number of hydrogen-bond donors (Lipinski definition) is 1. The van der Waals surface area contributed by atoms with E-state index in [4.69, 9.17) is 0 Å². The van der Waals surface area contributed by atoms with Crippen LogP contribution < -0.4 is 5.32 Å². The third-order valence-corrected chi connectivity index (χ3v) is 6.87. The molecule has 0 saturated carbocycles. The first-order chi connectivity index (χ1) is 12.6. The molecule has 2 aliphatic rings. The van der Waals surface area contributed by atoms with Gasteiger partial charge in [0.05, 0.1) is 16.3 Å². The van der Waals surface area contributed by atoms with Gasteiger partial charge in [0, 0.05) is 43.5 Å². The molecule has 2 aromatic heterocycles. The number of thiophene rings is 1. The molecule has 4 heterocycles. The maximum Gasteiger partial charge on any atom is 0.254 e. The smallest absolute Gasteiger partial charge is 0.254 e. The summed E-state index contributed by atoms with van der Waals surface area (Å²) >= 11 is 3.17. The van der Waals surface area contributed by atoms with Gasteiger partial charge in [0.1, 0.15) is 5.54 Å². The van der Waals surface area contributed by atoms with Gasteiger partial charge in [-0.25, -0.2) is 4.98 Å². The molecule has 0 unspecified atom stereocenters. The van der Waals surface area contributed by atoms with E-state index in [-0.39, 0.29) is 11.8 Å². The zero-order chi connectivity index (χ0) is 18.1. The second-order valence-corrected chi connectivity index (χ2v) is 8.71. The van der Waals surface area contributed by atoms with E-state index in [1.807, 2.05) is 28.7 Å². The van der Waals surface area contributed by atoms with Crippen molar-refractivity contribution in [3.05, 3.63) is 38.5 Å². The first kappa shape index (κ1) is 17.6. The number of aromatic nitrogens is 1. The number of rotatable bonds is 3. The van der Waals surface area contributed by atoms with Crippen molar-refractivity contribution in [2.75, 3.05) is 26.2 Å². The number of piperidine rings is 1. The Morgan fingerprint density at radius 2 is 2.12 bits per heavy atom. The molecule has 0 aliphatic carbocycles. The fourth-order valence-corrected chi connectivity index (χ4v) is 5.16. The topological polar surface area (TPSA) is 65.5 Å². The number of thiazole rings is 1. The Morgan fingerprint density at radius 3 is 2.77 bits per heavy atom. The Labute approximate surface area is 160 Å². The van der Waals surface area contributed by atoms with Crippen LogP contribution in [0.1, 0.15) is 33.9 Å². The summed E-state index contributed by atoms with van der Waals surface area (Å²) in [7, 11) is 0. The number of aryl methyl sites for hydroxylation is 1. The summed E-state index contributed by atoms with van der Waals surface area (Å²) < 4.78 is 0. The number of likely N-dealkylation sites (tertiary alicyclic amines) is 1. The van der Waals surface area contributed by atoms with Crippen molar-refractivity contribution in [2.24, 2.45) is 0 Å². The van der Waals surface area contributed by atoms with Gasteiger partial charge in [0.25, 0.3) is 5.91 Å². The molecule has 2 saturated heterocycles. The number of hydrogen-bond acceptors (Lipinski definition) is 6. The van der Waals surface area contributed by atoms with Gasteiger partial charge in [-0.1, -0.05) is 0 Å². The molecule has 26 heavy (non-hydrogen) atoms. The van der Waals surface area contributed by atoms with Crippen LogP contribution in [0.2, 0.25) is 0 Å². The van der Waals surface area contributed by atoms with E-state index in [1.54, 1.807) is 11.3 Å². The van der Waals surface area contributed by atoms with E-state index in [0.717, 1.165) is 22.8 Å². The van der Waals surface area contributed by atoms with Crippen molar-refractivity contribution in [1.82, 2.24) is 20.1 Å². The Balaban J connectivity index is 1.49. The average Bonchev–Trinajstić information content (AvgIpc) is 3.31. The lowest BCUT2D eigenvalue weighted by atomic mass is 9.82. The standard InChI is InChI=1S/C18H22N4O2S2/c1-13-20-15(12-26-13)10-22-8-5-19-17(24)18(22)3-6-21(7-4-18)16(23)14-2-9-25-11-14/h2,9,11-12H,3-8,10H2,1H3,(H,19,24). The Hall–Kier alpha value is -1.77. The van der Waals surface area contributed by atoms with Crippen LogP contribution in [0.25, 0.3) is 0 Å². The monoisotopic (exact) mass is 390 g/mol. The van der Waals surface area contributed by atoms with Crippen LogP contribution in [0.4, 0.5) is 0 Å². The van der Waals surface area contributed by atoms with Gasteiger partial charge in [-0.2, -0.15) is 11.3 Å². The highest BCUT2D eigenvalue weighted by molar-refractivity contribution is 7.09. The molecule has 2 aliphatic heterocycles. The molecule has 1 N–H and O–H groups in total. The van der Waals surface area contributed by atoms with Gasteiger partial charge >= 0.3 is 0 Å². The van der Waals surface area contributed by atoms with Crippen molar-refractivity contribution in [3.63, 3.8) is 0 Å². The molecular weight excluding hydrogens is 368 g/mol. The maximum atomic E-state index is 12.8. The zero-order valence-corrected chi connectivity index (χ0v) is 16.4. The SMILES string of the molecule is Cc1nc(CN2CCNC(=O)C23CCN(C(=O)c2ccsc2)CC3)cs1. The van der Waals surface area contributed by atoms with Gasteiger partial charge in [-0.3, -0.25) is 14.5 Å². The lowest BCUT2D eigenvalue weighted by Gasteiger charge is -2.49. The fraction of sp³-hybridized carbons (Fsp3) is 0.500. The molecule has 2 aromatic rings. The number of carbonyl (C=O) groups is 2. The highest BCUT2D eigenvalue weighted by Crippen LogP contribution is 2.33. The molecule has 0 radical (unpaired) electrons. The van der Waals surface area contributed by atoms with E-state index in [9.17, 15) is 9.59 Å². The number of nitrogens with zero attached hydrogens (tertiary/aromatic N) is 3. The summed E-state index contributed by atoms with van der Waals surface area (Å²) in [5, 5.41) is 9.96. The van der Waals surface area contributed by atoms with Crippen molar-refractivity contribution in [2.45, 2.75) is 31.8 Å². The van der Waals surface area contributed by atoms with Crippen LogP contribution in [0.15, 0.2) is 22.2 Å². The first-order valence-electron chi connectivity index (χ1n) is 8.84. The average molecular weight is 391 g/mol. The molecule has 2 fully saturated rings. The minimum absolute atomic E-state index is 0.0685. The highest BCUT2D eigenvalue weighted by atomic mass is 32.1. The summed E-state index contributed by atoms with van der Waals surface area (Å²) in [5.74, 6) is 0.164. The molecule has 4 rings (SSSR count). The lowest BCUT2D eigenvalue weighted by molar-refractivity contribution is -0.141. The normalized spacial score (nSPS) is 20.3. The van der Waals surface area contributed by atoms with Crippen LogP contribution in [-0.4, -0.2) is 58.3 Å². The third kappa shape index (κ3) is 3.17. The predicted octanol–water partition coefficient (Wildman–Crippen LogP) is 2.12. The number of amides is 2. The minimum atomic E-state index is -0.527. The molecule has 0 aromatic carbocycles. The van der Waals surface area contributed by atoms with Crippen LogP contribution in [-0.2, 0) is 11.3 Å². The van der Waals surface area contributed by atoms with Crippen molar-refractivity contribution >= 4 is 34.5 Å². The summed E-state index contributed by atoms with van der Waals surface area (Å²) in [5.41, 5.74) is 1.24. The fourth-order valence-electron chi connectivity index (χ4n) is 3.93. The predicted molar refractivity (Wildman–Crippen MR) is 102 cm³/mol. The van der Waals surface area contributed by atoms with Gasteiger partial charge < -0.3 is 10.2 Å². The van der Waals surface area contributed by atoms with E-state index in [1.165, 1.54) is 11.3 Å². The van der Waals surface area contributed by atoms with Crippen molar-refractivity contribution in [3.8, 4) is 0 Å². The molecule has 8 heteroatoms. The summed E-state index contributed by atoms with van der Waals surface area (Å²) in [6.45, 7) is 5.39. The van der Waals surface area contributed by atoms with Gasteiger partial charge in [-0.15, -0.1) is 11.3 Å². The summed E-state index contributed by atoms with van der Waals surface area (Å²) in [4.78, 5) is 34.1. The number of piperazine rings is 1. The Bertz CT molecular complexity index is 794. The zero-order valence-electron chi connectivity index (χ0n) is 14.7. The Morgan fingerprint density at radius 1 is 1.31 bits per heavy atom. The molecule has 0 atom stereocenters. The van der Waals surface area contributed by atoms with E-state index < -0.39 is 5.54 Å². The second kappa shape index (κ2) is 7.09. The molecule has 2 amide bonds. The van der Waals surface area contributed by atoms with Gasteiger partial charge in [0.15, 0.2) is 0 Å². The third-order valence-electron chi connectivity index (χ3n) is 5.36. The van der Waals surface area contributed by atoms with Crippen LogP contribution in [0.5, 0.6) is 0 Å². The molecule has 138 valence electrons. The van der Waals surface area contributed by atoms with E-state index in [0.29, 0.717) is 39.0 Å². The summed E-state index contributed by atoms with van der Waals surface area (Å²) in [6, 6.07) is 1.86. The molecule has 0 bridgehead atoms. The second-order valence-electron chi connectivity index (χ2n) is 6.87. The molecule has 6 nitrogen and oxygen atoms in total. The molecular formula is C18H22N4O2S2. The highest BCUT2D eigenvalue weighted by Gasteiger charge is 2.48. The maximum absolute atomic E-state index is 12.8. The van der Waals surface area contributed by atoms with Crippen LogP contribution in [0.3, 0.4) is 0 Å². The lowest BCUT2D eigenvalue weighted by Crippen LogP contribution is -2.67. The Kier molecular flexibility index (Phi) is 4.81. The van der Waals surface area contributed by atoms with E-state index in [2.05, 4.69) is 20.6 Å². The van der Waals surface area contributed by atoms with Crippen molar-refractivity contribution < 1.29 is 9.59 Å². The van der Waals surface area contributed by atoms with Gasteiger partial charge in [0.2, 0.25) is 5.91 Å². The van der Waals surface area contributed by atoms with Gasteiger partial charge in [-0.05, 0) is 31.2 Å². The molecule has 1 spiro atoms. The quantitative estimate of drug-likeness (QED) is 0.872. The van der Waals surface area contributed by atoms with E-state index >= 15 is 0 Å². The number of nitrogens with one attached hydrogen (secondary N) is 1. The summed E-state index contributed by atoms with van der Waals surface area (Å²) in [6.07, 6.45) is 1.33. The van der Waals surface area contributed by atoms with Crippen molar-refractivity contribution in [1.29, 1.82) is 0 Å². The number of carbonyl (C=O) groups excluding carboxylic acids is 2. The van der Waals surface area contributed by atoms with Crippen LogP contribution >= 0.6 is 22.7 Å².